The van der Waals surface area contributed by atoms with Crippen LogP contribution in [0, 0.1) is 0 Å². The first-order chi connectivity index (χ1) is 6.83. The maximum Gasteiger partial charge on any atom is 0.271 e. The molecular weight excluding hydrogens is 198 g/mol. The van der Waals surface area contributed by atoms with Gasteiger partial charge in [0, 0.05) is 6.54 Å². The van der Waals surface area contributed by atoms with Crippen molar-refractivity contribution in [3.63, 3.8) is 0 Å². The summed E-state index contributed by atoms with van der Waals surface area (Å²) in [7, 11) is 0. The number of nitrogens with zero attached hydrogens (tertiary/aromatic N) is 2. The second-order valence-corrected chi connectivity index (χ2v) is 3.94. The molecule has 0 fully saturated rings. The van der Waals surface area contributed by atoms with E-state index >= 15 is 0 Å². The molecule has 0 aliphatic rings. The van der Waals surface area contributed by atoms with Gasteiger partial charge < -0.3 is 5.73 Å². The van der Waals surface area contributed by atoms with E-state index in [4.69, 9.17) is 5.73 Å². The van der Waals surface area contributed by atoms with E-state index in [1.165, 1.54) is 11.3 Å². The zero-order valence-electron chi connectivity index (χ0n) is 7.64. The molecule has 4 nitrogen and oxygen atoms in total. The molecule has 14 heavy (non-hydrogen) atoms. The fraction of sp³-hybridized carbons (Fsp3) is 0.333. The molecule has 74 valence electrons. The number of hydrogen-bond acceptors (Lipinski definition) is 4. The number of fused-ring (bicyclic) bond motifs is 1. The first-order valence-corrected chi connectivity index (χ1v) is 5.33. The van der Waals surface area contributed by atoms with Crippen LogP contribution in [0.1, 0.15) is 6.42 Å². The first-order valence-electron chi connectivity index (χ1n) is 4.45. The van der Waals surface area contributed by atoms with Crippen molar-refractivity contribution in [1.82, 2.24) is 9.55 Å². The average molecular weight is 209 g/mol. The predicted octanol–water partition coefficient (Wildman–Crippen LogP) is 0.807. The van der Waals surface area contributed by atoms with E-state index in [2.05, 4.69) is 4.98 Å². The average Bonchev–Trinajstić information content (AvgIpc) is 2.66. The molecule has 0 saturated heterocycles. The standard InChI is InChI=1S/C9H11N3OS/c10-3-1-4-12-6-11-7-2-5-14-8(7)9(12)13/h2,5-6H,1,3-4,10H2. The van der Waals surface area contributed by atoms with Gasteiger partial charge in [-0.3, -0.25) is 9.36 Å². The SMILES string of the molecule is NCCCn1cnc2ccsc2c1=O. The Balaban J connectivity index is 2.46. The van der Waals surface area contributed by atoms with Crippen LogP contribution in [-0.4, -0.2) is 16.1 Å². The molecule has 0 saturated carbocycles. The molecule has 0 bridgehead atoms. The highest BCUT2D eigenvalue weighted by Crippen LogP contribution is 2.12. The molecule has 0 aliphatic heterocycles. The predicted molar refractivity (Wildman–Crippen MR) is 57.6 cm³/mol. The van der Waals surface area contributed by atoms with Crippen LogP contribution in [0.4, 0.5) is 0 Å². The Hall–Kier alpha value is -1.20. The van der Waals surface area contributed by atoms with Crippen molar-refractivity contribution in [2.45, 2.75) is 13.0 Å². The topological polar surface area (TPSA) is 60.9 Å². The van der Waals surface area contributed by atoms with Gasteiger partial charge >= 0.3 is 0 Å². The molecule has 2 aromatic heterocycles. The third-order valence-corrected chi connectivity index (χ3v) is 2.93. The Labute approximate surface area is 85.0 Å². The van der Waals surface area contributed by atoms with E-state index in [-0.39, 0.29) is 5.56 Å². The Morgan fingerprint density at radius 2 is 2.43 bits per heavy atom. The highest BCUT2D eigenvalue weighted by Gasteiger charge is 2.03. The minimum atomic E-state index is 0.0402. The molecule has 0 amide bonds. The summed E-state index contributed by atoms with van der Waals surface area (Å²) in [5.41, 5.74) is 6.21. The van der Waals surface area contributed by atoms with Crippen LogP contribution in [0.5, 0.6) is 0 Å². The molecule has 2 heterocycles. The molecule has 0 unspecified atom stereocenters. The third-order valence-electron chi connectivity index (χ3n) is 2.04. The van der Waals surface area contributed by atoms with Crippen LogP contribution in [0.2, 0.25) is 0 Å². The molecule has 2 N–H and O–H groups in total. The fourth-order valence-electron chi connectivity index (χ4n) is 1.30. The minimum Gasteiger partial charge on any atom is -0.330 e. The van der Waals surface area contributed by atoms with Crippen molar-refractivity contribution in [1.29, 1.82) is 0 Å². The number of hydrogen-bond donors (Lipinski definition) is 1. The normalized spacial score (nSPS) is 10.9. The molecule has 2 aromatic rings. The summed E-state index contributed by atoms with van der Waals surface area (Å²) in [6.07, 6.45) is 2.39. The second kappa shape index (κ2) is 3.89. The highest BCUT2D eigenvalue weighted by atomic mass is 32.1. The monoisotopic (exact) mass is 209 g/mol. The lowest BCUT2D eigenvalue weighted by Gasteiger charge is -2.02. The first kappa shape index (κ1) is 9.36. The van der Waals surface area contributed by atoms with Crippen LogP contribution < -0.4 is 11.3 Å². The van der Waals surface area contributed by atoms with Crippen molar-refractivity contribution in [3.8, 4) is 0 Å². The van der Waals surface area contributed by atoms with E-state index in [9.17, 15) is 4.79 Å². The van der Waals surface area contributed by atoms with Crippen molar-refractivity contribution < 1.29 is 0 Å². The maximum atomic E-state index is 11.8. The largest absolute Gasteiger partial charge is 0.330 e. The Morgan fingerprint density at radius 1 is 1.57 bits per heavy atom. The van der Waals surface area contributed by atoms with Gasteiger partial charge in [0.25, 0.3) is 5.56 Å². The molecule has 5 heteroatoms. The smallest absolute Gasteiger partial charge is 0.271 e. The lowest BCUT2D eigenvalue weighted by atomic mass is 10.4. The number of aromatic nitrogens is 2. The third kappa shape index (κ3) is 1.56. The van der Waals surface area contributed by atoms with Gasteiger partial charge in [0.2, 0.25) is 0 Å². The van der Waals surface area contributed by atoms with Gasteiger partial charge in [-0.25, -0.2) is 4.98 Å². The molecule has 2 rings (SSSR count). The second-order valence-electron chi connectivity index (χ2n) is 3.02. The molecular formula is C9H11N3OS. The minimum absolute atomic E-state index is 0.0402. The molecule has 0 radical (unpaired) electrons. The summed E-state index contributed by atoms with van der Waals surface area (Å²) >= 11 is 1.43. The molecule has 0 aliphatic carbocycles. The van der Waals surface area contributed by atoms with Crippen LogP contribution >= 0.6 is 11.3 Å². The Morgan fingerprint density at radius 3 is 3.21 bits per heavy atom. The maximum absolute atomic E-state index is 11.8. The number of thiophene rings is 1. The molecule has 0 spiro atoms. The molecule has 0 aromatic carbocycles. The quantitative estimate of drug-likeness (QED) is 0.813. The van der Waals surface area contributed by atoms with Crippen molar-refractivity contribution in [2.24, 2.45) is 5.73 Å². The van der Waals surface area contributed by atoms with E-state index in [0.29, 0.717) is 13.1 Å². The van der Waals surface area contributed by atoms with E-state index < -0.39 is 0 Å². The van der Waals surface area contributed by atoms with Gasteiger partial charge in [0.15, 0.2) is 0 Å². The zero-order valence-corrected chi connectivity index (χ0v) is 8.46. The Kier molecular flexibility index (Phi) is 2.60. The van der Waals surface area contributed by atoms with Crippen LogP contribution in [0.15, 0.2) is 22.6 Å². The number of rotatable bonds is 3. The fourth-order valence-corrected chi connectivity index (χ4v) is 2.09. The van der Waals surface area contributed by atoms with Gasteiger partial charge in [0.1, 0.15) is 4.70 Å². The van der Waals surface area contributed by atoms with Crippen molar-refractivity contribution >= 4 is 21.6 Å². The summed E-state index contributed by atoms with van der Waals surface area (Å²) in [4.78, 5) is 16.0. The number of nitrogens with two attached hydrogens (primary N) is 1. The lowest BCUT2D eigenvalue weighted by Crippen LogP contribution is -2.21. The van der Waals surface area contributed by atoms with Crippen molar-refractivity contribution in [2.75, 3.05) is 6.54 Å². The Bertz CT molecular complexity index is 488. The summed E-state index contributed by atoms with van der Waals surface area (Å²) in [6, 6.07) is 1.86. The van der Waals surface area contributed by atoms with Gasteiger partial charge in [-0.15, -0.1) is 11.3 Å². The van der Waals surface area contributed by atoms with Crippen LogP contribution in [0.3, 0.4) is 0 Å². The van der Waals surface area contributed by atoms with E-state index in [1.807, 2.05) is 11.4 Å². The van der Waals surface area contributed by atoms with Crippen LogP contribution in [-0.2, 0) is 6.54 Å². The van der Waals surface area contributed by atoms with Crippen molar-refractivity contribution in [3.05, 3.63) is 28.1 Å². The summed E-state index contributed by atoms with van der Waals surface area (Å²) < 4.78 is 2.34. The summed E-state index contributed by atoms with van der Waals surface area (Å²) in [6.45, 7) is 1.24. The van der Waals surface area contributed by atoms with Gasteiger partial charge in [-0.05, 0) is 24.4 Å². The number of aryl methyl sites for hydroxylation is 1. The van der Waals surface area contributed by atoms with E-state index in [0.717, 1.165) is 16.6 Å². The molecule has 0 atom stereocenters. The lowest BCUT2D eigenvalue weighted by molar-refractivity contribution is 0.625. The summed E-state index contributed by atoms with van der Waals surface area (Å²) in [5.74, 6) is 0. The van der Waals surface area contributed by atoms with E-state index in [1.54, 1.807) is 10.9 Å². The highest BCUT2D eigenvalue weighted by molar-refractivity contribution is 7.17. The van der Waals surface area contributed by atoms with Gasteiger partial charge in [-0.1, -0.05) is 0 Å². The van der Waals surface area contributed by atoms with Crippen LogP contribution in [0.25, 0.3) is 10.2 Å². The summed E-state index contributed by atoms with van der Waals surface area (Å²) in [5, 5.41) is 1.88. The zero-order chi connectivity index (χ0) is 9.97. The van der Waals surface area contributed by atoms with Gasteiger partial charge in [-0.2, -0.15) is 0 Å². The van der Waals surface area contributed by atoms with Gasteiger partial charge in [0.05, 0.1) is 11.8 Å².